The highest BCUT2D eigenvalue weighted by Gasteiger charge is 2.30. The van der Waals surface area contributed by atoms with Crippen LogP contribution in [0.5, 0.6) is 0 Å². The van der Waals surface area contributed by atoms with Gasteiger partial charge in [0.2, 0.25) is 0 Å². The average molecular weight is 474 g/mol. The summed E-state index contributed by atoms with van der Waals surface area (Å²) in [7, 11) is 0. The lowest BCUT2D eigenvalue weighted by molar-refractivity contribution is -0.628. The van der Waals surface area contributed by atoms with Gasteiger partial charge in [0.25, 0.3) is 5.82 Å². The van der Waals surface area contributed by atoms with Crippen molar-refractivity contribution in [1.82, 2.24) is 14.6 Å². The van der Waals surface area contributed by atoms with Crippen LogP contribution in [-0.2, 0) is 19.3 Å². The van der Waals surface area contributed by atoms with Gasteiger partial charge >= 0.3 is 5.56 Å². The zero-order valence-electron chi connectivity index (χ0n) is 19.9. The molecule has 1 aromatic carbocycles. The Hall–Kier alpha value is -3.64. The molecule has 2 aliphatic rings. The van der Waals surface area contributed by atoms with Crippen LogP contribution in [0.3, 0.4) is 0 Å². The van der Waals surface area contributed by atoms with Crippen LogP contribution in [-0.4, -0.2) is 47.3 Å². The Morgan fingerprint density at radius 3 is 2.74 bits per heavy atom. The molecule has 2 aromatic heterocycles. The zero-order chi connectivity index (χ0) is 24.4. The molecule has 0 spiro atoms. The van der Waals surface area contributed by atoms with Crippen LogP contribution in [0, 0.1) is 22.5 Å². The van der Waals surface area contributed by atoms with E-state index in [9.17, 15) is 15.3 Å². The molecule has 0 saturated carbocycles. The van der Waals surface area contributed by atoms with Crippen molar-refractivity contribution in [3.8, 4) is 6.07 Å². The Morgan fingerprint density at radius 1 is 1.14 bits per heavy atom. The van der Waals surface area contributed by atoms with E-state index in [4.69, 9.17) is 10.8 Å². The van der Waals surface area contributed by atoms with E-state index in [-0.39, 0.29) is 11.5 Å². The first kappa shape index (κ1) is 23.1. The largest absolute Gasteiger partial charge is 0.711 e. The van der Waals surface area contributed by atoms with Crippen LogP contribution >= 0.6 is 0 Å². The van der Waals surface area contributed by atoms with E-state index >= 15 is 0 Å². The van der Waals surface area contributed by atoms with Gasteiger partial charge in [0.1, 0.15) is 11.5 Å². The summed E-state index contributed by atoms with van der Waals surface area (Å²) in [6.07, 6.45) is 3.55. The van der Waals surface area contributed by atoms with Gasteiger partial charge < -0.3 is 10.1 Å². The van der Waals surface area contributed by atoms with Crippen LogP contribution in [0.1, 0.15) is 36.3 Å². The first-order valence-corrected chi connectivity index (χ1v) is 12.4. The third-order valence-corrected chi connectivity index (χ3v) is 7.35. The van der Waals surface area contributed by atoms with E-state index in [0.29, 0.717) is 42.8 Å². The molecular weight excluding hydrogens is 442 g/mol. The van der Waals surface area contributed by atoms with E-state index in [1.807, 2.05) is 18.2 Å². The maximum absolute atomic E-state index is 12.9. The van der Waals surface area contributed by atoms with Crippen molar-refractivity contribution in [2.24, 2.45) is 5.92 Å². The van der Waals surface area contributed by atoms with Crippen LogP contribution in [0.4, 0.5) is 5.82 Å². The van der Waals surface area contributed by atoms with Crippen molar-refractivity contribution in [3.63, 3.8) is 0 Å². The summed E-state index contributed by atoms with van der Waals surface area (Å²) < 4.78 is 1.85. The summed E-state index contributed by atoms with van der Waals surface area (Å²) in [6.45, 7) is 4.75. The molecule has 182 valence electrons. The number of nitrogens with zero attached hydrogens (tertiary/aromatic N) is 6. The van der Waals surface area contributed by atoms with Crippen LogP contribution in [0.25, 0.3) is 10.9 Å². The van der Waals surface area contributed by atoms with Crippen molar-refractivity contribution >= 4 is 16.7 Å². The van der Waals surface area contributed by atoms with Gasteiger partial charge in [0.05, 0.1) is 29.5 Å². The fourth-order valence-electron chi connectivity index (χ4n) is 5.26. The summed E-state index contributed by atoms with van der Waals surface area (Å²) in [6, 6.07) is 14.6. The SMILES string of the molecule is N#CC1CCc2c(c(=O)n(N)c(CCCCN3CCN(c4ccc5ccccc5n4)CC3)[n+]2[O-])C1. The maximum atomic E-state index is 12.9. The molecule has 1 unspecified atom stereocenters. The summed E-state index contributed by atoms with van der Waals surface area (Å²) in [5.74, 6) is 7.12. The van der Waals surface area contributed by atoms with Gasteiger partial charge in [0, 0.05) is 38.0 Å². The molecule has 1 aliphatic heterocycles. The molecule has 1 aliphatic carbocycles. The molecule has 5 rings (SSSR count). The second kappa shape index (κ2) is 9.92. The predicted octanol–water partition coefficient (Wildman–Crippen LogP) is 1.52. The molecule has 1 atom stereocenters. The Labute approximate surface area is 204 Å². The Morgan fingerprint density at radius 2 is 1.94 bits per heavy atom. The van der Waals surface area contributed by atoms with Gasteiger partial charge in [0.15, 0.2) is 0 Å². The van der Waals surface area contributed by atoms with Crippen LogP contribution in [0.2, 0.25) is 0 Å². The number of nitriles is 1. The molecule has 0 amide bonds. The highest BCUT2D eigenvalue weighted by molar-refractivity contribution is 5.80. The molecule has 3 heterocycles. The van der Waals surface area contributed by atoms with Crippen molar-refractivity contribution in [1.29, 1.82) is 5.26 Å². The molecule has 35 heavy (non-hydrogen) atoms. The Kier molecular flexibility index (Phi) is 6.55. The van der Waals surface area contributed by atoms with Gasteiger partial charge in [-0.2, -0.15) is 5.26 Å². The number of nitrogen functional groups attached to an aromatic ring is 1. The number of benzene rings is 1. The average Bonchev–Trinajstić information content (AvgIpc) is 2.91. The minimum Gasteiger partial charge on any atom is -0.711 e. The van der Waals surface area contributed by atoms with Crippen LogP contribution < -0.4 is 21.0 Å². The summed E-state index contributed by atoms with van der Waals surface area (Å²) in [4.78, 5) is 22.3. The van der Waals surface area contributed by atoms with Crippen molar-refractivity contribution < 1.29 is 4.73 Å². The number of nitrogens with two attached hydrogens (primary N) is 1. The van der Waals surface area contributed by atoms with E-state index in [1.165, 1.54) is 0 Å². The smallest absolute Gasteiger partial charge is 0.363 e. The minimum atomic E-state index is -0.333. The fourth-order valence-corrected chi connectivity index (χ4v) is 5.26. The van der Waals surface area contributed by atoms with Gasteiger partial charge in [-0.25, -0.2) is 14.5 Å². The zero-order valence-corrected chi connectivity index (χ0v) is 19.9. The van der Waals surface area contributed by atoms with E-state index in [0.717, 1.165) is 71.7 Å². The lowest BCUT2D eigenvalue weighted by Gasteiger charge is -2.35. The van der Waals surface area contributed by atoms with Gasteiger partial charge in [-0.1, -0.05) is 22.9 Å². The normalized spacial score (nSPS) is 18.4. The number of rotatable bonds is 6. The summed E-state index contributed by atoms with van der Waals surface area (Å²) >= 11 is 0. The number of anilines is 1. The number of pyridine rings is 1. The number of unbranched alkanes of at least 4 members (excludes halogenated alkanes) is 1. The predicted molar refractivity (Wildman–Crippen MR) is 134 cm³/mol. The van der Waals surface area contributed by atoms with Gasteiger partial charge in [-0.3, -0.25) is 10.7 Å². The standard InChI is InChI=1S/C26H31N7O2/c27-18-19-8-10-23-21(17-19)26(34)32(28)25(33(23)35)7-3-4-12-30-13-15-31(16-14-30)24-11-9-20-5-1-2-6-22(20)29-24/h1-2,5-6,9,11,19H,3-4,7-8,10,12-17,28H2. The molecule has 1 fully saturated rings. The maximum Gasteiger partial charge on any atom is 0.363 e. The molecule has 9 nitrogen and oxygen atoms in total. The molecule has 1 saturated heterocycles. The van der Waals surface area contributed by atoms with Crippen molar-refractivity contribution in [3.05, 3.63) is 69.0 Å². The molecule has 9 heteroatoms. The number of hydrogen-bond acceptors (Lipinski definition) is 7. The second-order valence-corrected chi connectivity index (χ2v) is 9.53. The highest BCUT2D eigenvalue weighted by atomic mass is 16.5. The monoisotopic (exact) mass is 473 g/mol. The Bertz CT molecular complexity index is 1320. The second-order valence-electron chi connectivity index (χ2n) is 9.53. The minimum absolute atomic E-state index is 0.224. The summed E-state index contributed by atoms with van der Waals surface area (Å²) in [5, 5.41) is 23.2. The fraction of sp³-hybridized carbons (Fsp3) is 0.462. The lowest BCUT2D eigenvalue weighted by Crippen LogP contribution is -2.51. The molecular formula is C26H31N7O2. The highest BCUT2D eigenvalue weighted by Crippen LogP contribution is 2.21. The van der Waals surface area contributed by atoms with Gasteiger partial charge in [-0.05, 0) is 50.4 Å². The first-order chi connectivity index (χ1) is 17.0. The van der Waals surface area contributed by atoms with E-state index < -0.39 is 0 Å². The third kappa shape index (κ3) is 4.66. The number of aromatic nitrogens is 3. The third-order valence-electron chi connectivity index (χ3n) is 7.35. The number of hydrogen-bond donors (Lipinski definition) is 1. The van der Waals surface area contributed by atoms with E-state index in [2.05, 4.69) is 34.1 Å². The molecule has 2 N–H and O–H groups in total. The summed E-state index contributed by atoms with van der Waals surface area (Å²) in [5.41, 5.74) is 1.59. The van der Waals surface area contributed by atoms with Crippen LogP contribution in [0.15, 0.2) is 41.2 Å². The topological polar surface area (TPSA) is 118 Å². The molecule has 0 bridgehead atoms. The number of fused-ring (bicyclic) bond motifs is 2. The van der Waals surface area contributed by atoms with Crippen molar-refractivity contribution in [2.75, 3.05) is 43.5 Å². The first-order valence-electron chi connectivity index (χ1n) is 12.4. The number of piperazine rings is 1. The van der Waals surface area contributed by atoms with Crippen molar-refractivity contribution in [2.45, 2.75) is 38.5 Å². The molecule has 3 aromatic rings. The molecule has 0 radical (unpaired) electrons. The number of para-hydroxylation sites is 1. The van der Waals surface area contributed by atoms with Gasteiger partial charge in [-0.15, -0.1) is 0 Å². The quantitative estimate of drug-likeness (QED) is 0.250. The lowest BCUT2D eigenvalue weighted by atomic mass is 9.88. The van der Waals surface area contributed by atoms with E-state index in [1.54, 1.807) is 0 Å². The Balaban J connectivity index is 1.13.